The topological polar surface area (TPSA) is 58.4 Å². The summed E-state index contributed by atoms with van der Waals surface area (Å²) in [6.07, 6.45) is 2.68. The summed E-state index contributed by atoms with van der Waals surface area (Å²) >= 11 is 5.05. The fourth-order valence-electron chi connectivity index (χ4n) is 1.90. The summed E-state index contributed by atoms with van der Waals surface area (Å²) in [6.45, 7) is 7.75. The minimum Gasteiger partial charge on any atom is -0.393 e. The minimum atomic E-state index is -0.0603. The van der Waals surface area contributed by atoms with Crippen LogP contribution in [0.4, 0.5) is 0 Å². The Balaban J connectivity index is 2.26. The van der Waals surface area contributed by atoms with Gasteiger partial charge < -0.3 is 16.0 Å². The van der Waals surface area contributed by atoms with E-state index in [0.29, 0.717) is 11.4 Å². The van der Waals surface area contributed by atoms with Crippen LogP contribution in [0.3, 0.4) is 0 Å². The molecule has 1 aliphatic rings. The molecule has 0 saturated carbocycles. The summed E-state index contributed by atoms with van der Waals surface area (Å²) in [7, 11) is 0. The average Bonchev–Trinajstić information content (AvgIpc) is 2.43. The number of nitrogens with zero attached hydrogens (tertiary/aromatic N) is 1. The fraction of sp³-hybridized carbons (Fsp3) is 0.833. The largest absolute Gasteiger partial charge is 0.393 e. The zero-order chi connectivity index (χ0) is 12.9. The summed E-state index contributed by atoms with van der Waals surface area (Å²) in [4.78, 5) is 14.1. The third kappa shape index (κ3) is 5.00. The van der Waals surface area contributed by atoms with Crippen LogP contribution in [0.5, 0.6) is 0 Å². The fourth-order valence-corrected chi connectivity index (χ4v) is 2.01. The first-order valence-electron chi connectivity index (χ1n) is 6.21. The molecule has 0 spiro atoms. The normalized spacial score (nSPS) is 18.6. The van der Waals surface area contributed by atoms with Crippen LogP contribution in [0.2, 0.25) is 0 Å². The molecule has 1 amide bonds. The lowest BCUT2D eigenvalue weighted by Crippen LogP contribution is -2.33. The van der Waals surface area contributed by atoms with Crippen LogP contribution in [0.25, 0.3) is 0 Å². The van der Waals surface area contributed by atoms with Crippen LogP contribution >= 0.6 is 12.2 Å². The van der Waals surface area contributed by atoms with Gasteiger partial charge >= 0.3 is 0 Å². The Hall–Kier alpha value is -0.680. The summed E-state index contributed by atoms with van der Waals surface area (Å²) in [5, 5.41) is 2.88. The molecule has 0 aromatic rings. The van der Waals surface area contributed by atoms with Crippen LogP contribution in [0.1, 0.15) is 33.1 Å². The maximum absolute atomic E-state index is 11.2. The molecule has 0 unspecified atom stereocenters. The molecular formula is C12H23N3OS. The van der Waals surface area contributed by atoms with Gasteiger partial charge in [-0.25, -0.2) is 0 Å². The maximum Gasteiger partial charge on any atom is 0.221 e. The minimum absolute atomic E-state index is 0.0603. The molecule has 0 radical (unpaired) electrons. The first-order valence-corrected chi connectivity index (χ1v) is 6.61. The number of carbonyl (C=O) groups is 1. The molecule has 0 atom stereocenters. The highest BCUT2D eigenvalue weighted by Crippen LogP contribution is 2.22. The summed E-state index contributed by atoms with van der Waals surface area (Å²) in [6, 6.07) is 0. The van der Waals surface area contributed by atoms with E-state index in [4.69, 9.17) is 18.0 Å². The third-order valence-corrected chi connectivity index (χ3v) is 3.90. The van der Waals surface area contributed by atoms with Gasteiger partial charge in [0.25, 0.3) is 0 Å². The number of hydrogen-bond acceptors (Lipinski definition) is 3. The molecular weight excluding hydrogens is 234 g/mol. The van der Waals surface area contributed by atoms with E-state index in [2.05, 4.69) is 24.1 Å². The third-order valence-electron chi connectivity index (χ3n) is 3.35. The lowest BCUT2D eigenvalue weighted by atomic mass is 9.88. The molecule has 0 bridgehead atoms. The monoisotopic (exact) mass is 257 g/mol. The second kappa shape index (κ2) is 6.31. The number of amides is 1. The molecule has 1 fully saturated rings. The smallest absolute Gasteiger partial charge is 0.221 e. The molecule has 1 aliphatic heterocycles. The van der Waals surface area contributed by atoms with Gasteiger partial charge in [0, 0.05) is 31.5 Å². The summed E-state index contributed by atoms with van der Waals surface area (Å²) < 4.78 is 0. The van der Waals surface area contributed by atoms with Gasteiger partial charge in [0.15, 0.2) is 0 Å². The number of thiocarbonyl (C=S) groups is 1. The van der Waals surface area contributed by atoms with Gasteiger partial charge in [-0.3, -0.25) is 4.79 Å². The van der Waals surface area contributed by atoms with Crippen LogP contribution in [0, 0.1) is 5.41 Å². The Morgan fingerprint density at radius 2 is 2.24 bits per heavy atom. The Morgan fingerprint density at radius 3 is 2.88 bits per heavy atom. The van der Waals surface area contributed by atoms with Gasteiger partial charge in [-0.1, -0.05) is 26.1 Å². The second-order valence-corrected chi connectivity index (χ2v) is 5.73. The Morgan fingerprint density at radius 1 is 1.53 bits per heavy atom. The van der Waals surface area contributed by atoms with Crippen LogP contribution < -0.4 is 11.1 Å². The molecule has 4 nitrogen and oxygen atoms in total. The van der Waals surface area contributed by atoms with Crippen molar-refractivity contribution in [3.05, 3.63) is 0 Å². The van der Waals surface area contributed by atoms with Crippen molar-refractivity contribution >= 4 is 23.1 Å². The maximum atomic E-state index is 11.2. The van der Waals surface area contributed by atoms with Crippen molar-refractivity contribution in [1.29, 1.82) is 0 Å². The number of nitrogens with two attached hydrogens (primary N) is 1. The van der Waals surface area contributed by atoms with Crippen molar-refractivity contribution in [2.45, 2.75) is 33.1 Å². The van der Waals surface area contributed by atoms with E-state index in [1.807, 2.05) is 0 Å². The van der Waals surface area contributed by atoms with E-state index in [1.54, 1.807) is 0 Å². The van der Waals surface area contributed by atoms with Gasteiger partial charge in [-0.15, -0.1) is 0 Å². The average molecular weight is 257 g/mol. The molecule has 3 N–H and O–H groups in total. The molecule has 5 heteroatoms. The molecule has 0 aromatic heterocycles. The predicted molar refractivity (Wildman–Crippen MR) is 73.9 cm³/mol. The number of carbonyl (C=O) groups excluding carboxylic acids is 1. The first-order chi connectivity index (χ1) is 7.92. The van der Waals surface area contributed by atoms with Crippen molar-refractivity contribution in [2.75, 3.05) is 26.2 Å². The van der Waals surface area contributed by atoms with E-state index < -0.39 is 0 Å². The SMILES string of the molecule is CC(C)(CCCN1CCNC(=O)CC1)C(N)=S. The van der Waals surface area contributed by atoms with E-state index in [1.165, 1.54) is 0 Å². The molecule has 98 valence electrons. The van der Waals surface area contributed by atoms with Crippen molar-refractivity contribution in [3.8, 4) is 0 Å². The van der Waals surface area contributed by atoms with Gasteiger partial charge in [0.2, 0.25) is 5.91 Å². The van der Waals surface area contributed by atoms with Gasteiger partial charge in [-0.05, 0) is 19.4 Å². The predicted octanol–water partition coefficient (Wildman–Crippen LogP) is 0.901. The van der Waals surface area contributed by atoms with Crippen molar-refractivity contribution < 1.29 is 4.79 Å². The highest BCUT2D eigenvalue weighted by atomic mass is 32.1. The standard InChI is InChI=1S/C12H23N3OS/c1-12(2,11(13)17)5-3-7-15-8-4-10(16)14-6-9-15/h3-9H2,1-2H3,(H2,13,17)(H,14,16). The molecule has 1 heterocycles. The van der Waals surface area contributed by atoms with Crippen LogP contribution in [-0.2, 0) is 4.79 Å². The first kappa shape index (κ1) is 14.4. The van der Waals surface area contributed by atoms with Crippen molar-refractivity contribution in [2.24, 2.45) is 11.1 Å². The van der Waals surface area contributed by atoms with Gasteiger partial charge in [0.1, 0.15) is 0 Å². The highest BCUT2D eigenvalue weighted by molar-refractivity contribution is 7.80. The van der Waals surface area contributed by atoms with E-state index >= 15 is 0 Å². The Bertz CT molecular complexity index is 291. The number of nitrogens with one attached hydrogen (secondary N) is 1. The molecule has 0 aliphatic carbocycles. The molecule has 1 saturated heterocycles. The van der Waals surface area contributed by atoms with E-state index in [-0.39, 0.29) is 11.3 Å². The Kier molecular flexibility index (Phi) is 5.33. The highest BCUT2D eigenvalue weighted by Gasteiger charge is 2.21. The van der Waals surface area contributed by atoms with Crippen molar-refractivity contribution in [3.63, 3.8) is 0 Å². The van der Waals surface area contributed by atoms with Crippen LogP contribution in [0.15, 0.2) is 0 Å². The van der Waals surface area contributed by atoms with Gasteiger partial charge in [0.05, 0.1) is 4.99 Å². The zero-order valence-corrected chi connectivity index (χ0v) is 11.6. The quantitative estimate of drug-likeness (QED) is 0.719. The van der Waals surface area contributed by atoms with E-state index in [0.717, 1.165) is 39.0 Å². The molecule has 17 heavy (non-hydrogen) atoms. The second-order valence-electron chi connectivity index (χ2n) is 5.29. The summed E-state index contributed by atoms with van der Waals surface area (Å²) in [5.41, 5.74) is 5.64. The molecule has 0 aromatic carbocycles. The van der Waals surface area contributed by atoms with Gasteiger partial charge in [-0.2, -0.15) is 0 Å². The molecule has 1 rings (SSSR count). The zero-order valence-electron chi connectivity index (χ0n) is 10.8. The number of hydrogen-bond donors (Lipinski definition) is 2. The number of rotatable bonds is 5. The Labute approximate surface area is 109 Å². The van der Waals surface area contributed by atoms with Crippen molar-refractivity contribution in [1.82, 2.24) is 10.2 Å². The van der Waals surface area contributed by atoms with Crippen LogP contribution in [-0.4, -0.2) is 42.0 Å². The lowest BCUT2D eigenvalue weighted by Gasteiger charge is -2.25. The summed E-state index contributed by atoms with van der Waals surface area (Å²) in [5.74, 6) is 0.163. The lowest BCUT2D eigenvalue weighted by molar-refractivity contribution is -0.120. The van der Waals surface area contributed by atoms with E-state index in [9.17, 15) is 4.79 Å².